The molecule has 7 nitrogen and oxygen atoms in total. The molecular formula is C24H19N5O2. The highest BCUT2D eigenvalue weighted by molar-refractivity contribution is 6.09. The average Bonchev–Trinajstić information content (AvgIpc) is 3.49. The number of rotatable bonds is 2. The van der Waals surface area contributed by atoms with Crippen molar-refractivity contribution in [3.8, 4) is 0 Å². The number of carbonyl (C=O) groups is 2. The molecule has 31 heavy (non-hydrogen) atoms. The molecule has 6 rings (SSSR count). The number of likely N-dealkylation sites (tertiary alicyclic amines) is 1. The molecule has 2 aromatic carbocycles. The Labute approximate surface area is 178 Å². The fourth-order valence-electron chi connectivity index (χ4n) is 5.17. The summed E-state index contributed by atoms with van der Waals surface area (Å²) < 4.78 is 0. The lowest BCUT2D eigenvalue weighted by Crippen LogP contribution is -2.42. The number of nitrogens with zero attached hydrogens (tertiary/aromatic N) is 3. The van der Waals surface area contributed by atoms with Crippen LogP contribution in [0.1, 0.15) is 34.1 Å². The van der Waals surface area contributed by atoms with Gasteiger partial charge in [0.15, 0.2) is 5.69 Å². The van der Waals surface area contributed by atoms with Crippen LogP contribution in [0.5, 0.6) is 0 Å². The Hall–Kier alpha value is -4.00. The summed E-state index contributed by atoms with van der Waals surface area (Å²) in [5, 5.41) is 11.1. The molecule has 0 radical (unpaired) electrons. The van der Waals surface area contributed by atoms with Crippen LogP contribution in [0.15, 0.2) is 73.1 Å². The third-order valence-electron chi connectivity index (χ3n) is 6.52. The van der Waals surface area contributed by atoms with E-state index in [4.69, 9.17) is 0 Å². The number of benzene rings is 2. The molecule has 1 fully saturated rings. The van der Waals surface area contributed by atoms with Crippen LogP contribution in [0, 0.1) is 0 Å². The van der Waals surface area contributed by atoms with Gasteiger partial charge in [0.05, 0.1) is 11.6 Å². The molecule has 2 aliphatic heterocycles. The second kappa shape index (κ2) is 6.50. The fourth-order valence-corrected chi connectivity index (χ4v) is 5.17. The van der Waals surface area contributed by atoms with E-state index in [9.17, 15) is 9.59 Å². The maximum Gasteiger partial charge on any atom is 0.275 e. The highest BCUT2D eigenvalue weighted by Gasteiger charge is 2.59. The van der Waals surface area contributed by atoms with Gasteiger partial charge in [0.2, 0.25) is 5.91 Å². The van der Waals surface area contributed by atoms with E-state index in [0.29, 0.717) is 18.7 Å². The van der Waals surface area contributed by atoms with Crippen LogP contribution in [-0.4, -0.2) is 38.4 Å². The van der Waals surface area contributed by atoms with Gasteiger partial charge in [-0.3, -0.25) is 19.7 Å². The van der Waals surface area contributed by atoms with E-state index in [0.717, 1.165) is 27.7 Å². The van der Waals surface area contributed by atoms with E-state index < -0.39 is 11.5 Å². The minimum atomic E-state index is -0.860. The van der Waals surface area contributed by atoms with Crippen LogP contribution < -0.4 is 5.32 Å². The van der Waals surface area contributed by atoms with E-state index in [2.05, 4.69) is 20.5 Å². The number of hydrogen-bond donors (Lipinski definition) is 2. The lowest BCUT2D eigenvalue weighted by molar-refractivity contribution is -0.121. The van der Waals surface area contributed by atoms with Gasteiger partial charge in [-0.1, -0.05) is 42.5 Å². The number of fused-ring (bicyclic) bond motifs is 3. The average molecular weight is 409 g/mol. The van der Waals surface area contributed by atoms with Gasteiger partial charge in [0.25, 0.3) is 5.91 Å². The van der Waals surface area contributed by atoms with Crippen molar-refractivity contribution in [3.05, 3.63) is 89.9 Å². The molecule has 2 amide bonds. The number of amides is 2. The molecule has 2 atom stereocenters. The Bertz CT molecular complexity index is 1330. The standard InChI is InChI=1S/C24H19N5O2/c30-22(20-16-7-1-3-9-18(16)27-28-20)29-13-11-24(21(29)15-6-5-12-25-14-15)17-8-2-4-10-19(17)26-23(24)31/h1-10,12,14,21H,11,13H2,(H,26,31)(H,27,28). The van der Waals surface area contributed by atoms with Gasteiger partial charge in [0, 0.05) is 30.0 Å². The highest BCUT2D eigenvalue weighted by Crippen LogP contribution is 2.54. The van der Waals surface area contributed by atoms with E-state index in [1.807, 2.05) is 60.7 Å². The molecule has 1 saturated heterocycles. The summed E-state index contributed by atoms with van der Waals surface area (Å²) in [6.45, 7) is 0.446. The Morgan fingerprint density at radius 3 is 2.77 bits per heavy atom. The Balaban J connectivity index is 1.52. The second-order valence-electron chi connectivity index (χ2n) is 8.03. The molecule has 7 heteroatoms. The number of H-pyrrole nitrogens is 1. The molecule has 0 saturated carbocycles. The third-order valence-corrected chi connectivity index (χ3v) is 6.52. The number of anilines is 1. The number of hydrogen-bond acceptors (Lipinski definition) is 4. The zero-order chi connectivity index (χ0) is 21.0. The fraction of sp³-hybridized carbons (Fsp3) is 0.167. The Kier molecular flexibility index (Phi) is 3.74. The predicted molar refractivity (Wildman–Crippen MR) is 115 cm³/mol. The zero-order valence-corrected chi connectivity index (χ0v) is 16.6. The first-order valence-corrected chi connectivity index (χ1v) is 10.2. The van der Waals surface area contributed by atoms with Crippen LogP contribution in [0.3, 0.4) is 0 Å². The minimum Gasteiger partial charge on any atom is -0.329 e. The first-order chi connectivity index (χ1) is 15.2. The highest BCUT2D eigenvalue weighted by atomic mass is 16.2. The van der Waals surface area contributed by atoms with Gasteiger partial charge in [-0.25, -0.2) is 0 Å². The largest absolute Gasteiger partial charge is 0.329 e. The molecule has 4 aromatic rings. The second-order valence-corrected chi connectivity index (χ2v) is 8.03. The van der Waals surface area contributed by atoms with Crippen molar-refractivity contribution in [2.45, 2.75) is 17.9 Å². The zero-order valence-electron chi connectivity index (χ0n) is 16.6. The first kappa shape index (κ1) is 17.8. The SMILES string of the molecule is O=C(c1n[nH]c2ccccc12)N1CCC2(C(=O)Nc3ccccc32)C1c1cccnc1. The van der Waals surface area contributed by atoms with Crippen LogP contribution in [0.2, 0.25) is 0 Å². The van der Waals surface area contributed by atoms with Crippen molar-refractivity contribution >= 4 is 28.4 Å². The molecule has 2 aromatic heterocycles. The summed E-state index contributed by atoms with van der Waals surface area (Å²) in [7, 11) is 0. The lowest BCUT2D eigenvalue weighted by atomic mass is 9.73. The van der Waals surface area contributed by atoms with Crippen molar-refractivity contribution < 1.29 is 9.59 Å². The predicted octanol–water partition coefficient (Wildman–Crippen LogP) is 3.44. The topological polar surface area (TPSA) is 91.0 Å². The summed E-state index contributed by atoms with van der Waals surface area (Å²) in [6.07, 6.45) is 3.97. The summed E-state index contributed by atoms with van der Waals surface area (Å²) >= 11 is 0. The number of carbonyl (C=O) groups excluding carboxylic acids is 2. The Morgan fingerprint density at radius 1 is 1.06 bits per heavy atom. The molecule has 1 spiro atoms. The number of aromatic amines is 1. The summed E-state index contributed by atoms with van der Waals surface area (Å²) in [6, 6.07) is 18.6. The van der Waals surface area contributed by atoms with Gasteiger partial charge >= 0.3 is 0 Å². The van der Waals surface area contributed by atoms with Crippen molar-refractivity contribution in [2.75, 3.05) is 11.9 Å². The maximum atomic E-state index is 13.8. The number of para-hydroxylation sites is 2. The van der Waals surface area contributed by atoms with Crippen molar-refractivity contribution in [2.24, 2.45) is 0 Å². The molecule has 152 valence electrons. The van der Waals surface area contributed by atoms with E-state index in [1.54, 1.807) is 17.3 Å². The lowest BCUT2D eigenvalue weighted by Gasteiger charge is -2.34. The number of aromatic nitrogens is 3. The number of pyridine rings is 1. The van der Waals surface area contributed by atoms with Gasteiger partial charge in [-0.15, -0.1) is 0 Å². The maximum absolute atomic E-state index is 13.8. The molecule has 2 aliphatic rings. The van der Waals surface area contributed by atoms with E-state index in [-0.39, 0.29) is 11.8 Å². The van der Waals surface area contributed by atoms with Crippen LogP contribution in [0.4, 0.5) is 5.69 Å². The Morgan fingerprint density at radius 2 is 1.90 bits per heavy atom. The summed E-state index contributed by atoms with van der Waals surface area (Å²) in [5.74, 6) is -0.273. The molecule has 0 bridgehead atoms. The third kappa shape index (κ3) is 2.40. The summed E-state index contributed by atoms with van der Waals surface area (Å²) in [4.78, 5) is 33.2. The molecule has 4 heterocycles. The normalized spacial score (nSPS) is 22.1. The van der Waals surface area contributed by atoms with Crippen LogP contribution in [0.25, 0.3) is 10.9 Å². The van der Waals surface area contributed by atoms with Gasteiger partial charge in [0.1, 0.15) is 5.41 Å². The molecule has 0 aliphatic carbocycles. The first-order valence-electron chi connectivity index (χ1n) is 10.2. The van der Waals surface area contributed by atoms with E-state index >= 15 is 0 Å². The minimum absolute atomic E-state index is 0.0789. The van der Waals surface area contributed by atoms with Crippen LogP contribution >= 0.6 is 0 Å². The van der Waals surface area contributed by atoms with Crippen molar-refractivity contribution in [3.63, 3.8) is 0 Å². The quantitative estimate of drug-likeness (QED) is 0.531. The van der Waals surface area contributed by atoms with Gasteiger partial charge < -0.3 is 10.2 Å². The van der Waals surface area contributed by atoms with Crippen molar-refractivity contribution in [1.29, 1.82) is 0 Å². The number of nitrogens with one attached hydrogen (secondary N) is 2. The summed E-state index contributed by atoms with van der Waals surface area (Å²) in [5.41, 5.74) is 2.88. The van der Waals surface area contributed by atoms with Gasteiger partial charge in [-0.2, -0.15) is 5.10 Å². The van der Waals surface area contributed by atoms with Gasteiger partial charge in [-0.05, 0) is 35.7 Å². The monoisotopic (exact) mass is 409 g/mol. The van der Waals surface area contributed by atoms with Crippen LogP contribution in [-0.2, 0) is 10.2 Å². The van der Waals surface area contributed by atoms with Crippen molar-refractivity contribution in [1.82, 2.24) is 20.1 Å². The van der Waals surface area contributed by atoms with E-state index in [1.165, 1.54) is 0 Å². The molecule has 2 N–H and O–H groups in total. The smallest absolute Gasteiger partial charge is 0.275 e. The molecule has 2 unspecified atom stereocenters. The molecular weight excluding hydrogens is 390 g/mol.